The number of likely N-dealkylation sites (tertiary alicyclic amines) is 2. The third-order valence-corrected chi connectivity index (χ3v) is 8.19. The zero-order valence-electron chi connectivity index (χ0n) is 30.3. The lowest BCUT2D eigenvalue weighted by atomic mass is 10.00. The Labute approximate surface area is 299 Å². The zero-order chi connectivity index (χ0) is 35.4. The number of hydrogen-bond acceptors (Lipinski definition) is 6. The minimum Gasteiger partial charge on any atom is -0.444 e. The number of aromatic amines is 1. The molecular weight excluding hydrogens is 628 g/mol. The average Bonchev–Trinajstić information content (AvgIpc) is 3.79. The van der Waals surface area contributed by atoms with E-state index in [1.807, 2.05) is 112 Å². The Balaban J connectivity index is 0.000000221. The van der Waals surface area contributed by atoms with Gasteiger partial charge in [0.25, 0.3) is 0 Å². The van der Waals surface area contributed by atoms with Crippen LogP contribution in [0.2, 0.25) is 0 Å². The predicted molar refractivity (Wildman–Crippen MR) is 201 cm³/mol. The first-order chi connectivity index (χ1) is 23.3. The summed E-state index contributed by atoms with van der Waals surface area (Å²) in [5, 5.41) is 11.5. The molecule has 2 aromatic carbocycles. The Kier molecular flexibility index (Phi) is 14.7. The first-order valence-corrected chi connectivity index (χ1v) is 17.4. The van der Waals surface area contributed by atoms with Crippen LogP contribution in [0.1, 0.15) is 87.6 Å². The van der Waals surface area contributed by atoms with Gasteiger partial charge in [-0.1, -0.05) is 75.0 Å². The number of aromatic nitrogens is 4. The maximum Gasteiger partial charge on any atom is 0.410 e. The van der Waals surface area contributed by atoms with Gasteiger partial charge in [-0.2, -0.15) is 10.2 Å². The summed E-state index contributed by atoms with van der Waals surface area (Å²) in [5.74, 6) is 0.744. The van der Waals surface area contributed by atoms with Crippen LogP contribution in [0.3, 0.4) is 0 Å². The third kappa shape index (κ3) is 13.0. The Morgan fingerprint density at radius 3 is 1.64 bits per heavy atom. The van der Waals surface area contributed by atoms with Gasteiger partial charge in [-0.05, 0) is 90.8 Å². The second kappa shape index (κ2) is 18.4. The number of benzene rings is 2. The van der Waals surface area contributed by atoms with Crippen LogP contribution in [0.15, 0.2) is 85.2 Å². The minimum absolute atomic E-state index is 0. The summed E-state index contributed by atoms with van der Waals surface area (Å²) in [6, 6.07) is 24.6. The number of carbonyl (C=O) groups excluding carboxylic acids is 2. The number of hydrogen-bond donors (Lipinski definition) is 1. The summed E-state index contributed by atoms with van der Waals surface area (Å²) in [5.41, 5.74) is 3.53. The molecule has 10 nitrogen and oxygen atoms in total. The molecule has 4 heterocycles. The van der Waals surface area contributed by atoms with Crippen molar-refractivity contribution in [2.24, 2.45) is 5.92 Å². The maximum absolute atomic E-state index is 12.1. The van der Waals surface area contributed by atoms with Crippen molar-refractivity contribution in [2.75, 3.05) is 26.2 Å². The van der Waals surface area contributed by atoms with Gasteiger partial charge in [0.2, 0.25) is 0 Å². The Bertz CT molecular complexity index is 1540. The van der Waals surface area contributed by atoms with Crippen LogP contribution in [-0.4, -0.2) is 79.3 Å². The quantitative estimate of drug-likeness (QED) is 0.230. The summed E-state index contributed by atoms with van der Waals surface area (Å²) in [4.78, 5) is 27.4. The van der Waals surface area contributed by atoms with Gasteiger partial charge in [0.05, 0.1) is 17.4 Å². The highest BCUT2D eigenvalue weighted by atomic mass is 16.6. The molecule has 0 spiro atoms. The van der Waals surface area contributed by atoms with Gasteiger partial charge in [0.1, 0.15) is 11.2 Å². The largest absolute Gasteiger partial charge is 0.444 e. The predicted octanol–water partition coefficient (Wildman–Crippen LogP) is 9.49. The number of ether oxygens (including phenoxy) is 2. The molecular formula is C40H58N6O4. The van der Waals surface area contributed by atoms with E-state index < -0.39 is 5.60 Å². The third-order valence-electron chi connectivity index (χ3n) is 8.19. The Morgan fingerprint density at radius 1 is 0.700 bits per heavy atom. The van der Waals surface area contributed by atoms with Crippen LogP contribution in [0.5, 0.6) is 0 Å². The van der Waals surface area contributed by atoms with Crippen LogP contribution in [0.4, 0.5) is 9.59 Å². The molecule has 50 heavy (non-hydrogen) atoms. The van der Waals surface area contributed by atoms with Crippen molar-refractivity contribution < 1.29 is 19.1 Å². The fourth-order valence-electron chi connectivity index (χ4n) is 5.50. The lowest BCUT2D eigenvalue weighted by Crippen LogP contribution is -2.42. The van der Waals surface area contributed by atoms with Crippen molar-refractivity contribution in [3.63, 3.8) is 0 Å². The van der Waals surface area contributed by atoms with Gasteiger partial charge in [-0.3, -0.25) is 9.78 Å². The molecule has 0 atom stereocenters. The van der Waals surface area contributed by atoms with E-state index in [0.29, 0.717) is 19.1 Å². The van der Waals surface area contributed by atoms with E-state index in [9.17, 15) is 9.59 Å². The van der Waals surface area contributed by atoms with E-state index in [1.54, 1.807) is 11.1 Å². The highest BCUT2D eigenvalue weighted by Crippen LogP contribution is 2.26. The second-order valence-corrected chi connectivity index (χ2v) is 14.7. The molecule has 0 bridgehead atoms. The smallest absolute Gasteiger partial charge is 0.410 e. The molecule has 0 radical (unpaired) electrons. The molecule has 6 rings (SSSR count). The van der Waals surface area contributed by atoms with Gasteiger partial charge in [0, 0.05) is 44.1 Å². The highest BCUT2D eigenvalue weighted by Gasteiger charge is 2.28. The zero-order valence-corrected chi connectivity index (χ0v) is 30.3. The van der Waals surface area contributed by atoms with Crippen molar-refractivity contribution in [2.45, 2.75) is 98.8 Å². The maximum atomic E-state index is 12.1. The number of piperidine rings is 2. The van der Waals surface area contributed by atoms with E-state index in [0.717, 1.165) is 61.6 Å². The van der Waals surface area contributed by atoms with Crippen molar-refractivity contribution in [3.05, 3.63) is 85.2 Å². The van der Waals surface area contributed by atoms with Crippen molar-refractivity contribution in [1.82, 2.24) is 29.8 Å². The van der Waals surface area contributed by atoms with Gasteiger partial charge in [0.15, 0.2) is 0 Å². The normalized spacial score (nSPS) is 15.4. The molecule has 2 aromatic heterocycles. The van der Waals surface area contributed by atoms with Crippen molar-refractivity contribution in [1.29, 1.82) is 0 Å². The van der Waals surface area contributed by atoms with Crippen molar-refractivity contribution in [3.8, 4) is 22.5 Å². The van der Waals surface area contributed by atoms with Crippen LogP contribution >= 0.6 is 0 Å². The molecule has 0 saturated carbocycles. The average molecular weight is 687 g/mol. The van der Waals surface area contributed by atoms with Gasteiger partial charge < -0.3 is 19.3 Å². The first-order valence-electron chi connectivity index (χ1n) is 17.4. The molecule has 272 valence electrons. The van der Waals surface area contributed by atoms with E-state index in [2.05, 4.69) is 35.3 Å². The van der Waals surface area contributed by atoms with Crippen molar-refractivity contribution >= 4 is 12.2 Å². The minimum atomic E-state index is -0.444. The molecule has 2 aliphatic rings. The van der Waals surface area contributed by atoms with E-state index in [-0.39, 0.29) is 25.2 Å². The number of H-pyrrole nitrogens is 1. The molecule has 0 aliphatic carbocycles. The van der Waals surface area contributed by atoms with E-state index in [4.69, 9.17) is 14.6 Å². The molecule has 2 amide bonds. The number of carbonyl (C=O) groups is 2. The highest BCUT2D eigenvalue weighted by molar-refractivity contribution is 5.68. The van der Waals surface area contributed by atoms with Crippen LogP contribution < -0.4 is 0 Å². The lowest BCUT2D eigenvalue weighted by molar-refractivity contribution is 0.0176. The fourth-order valence-corrected chi connectivity index (χ4v) is 5.50. The van der Waals surface area contributed by atoms with Gasteiger partial charge in [-0.25, -0.2) is 9.59 Å². The summed E-state index contributed by atoms with van der Waals surface area (Å²) < 4.78 is 12.8. The number of amides is 2. The second-order valence-electron chi connectivity index (χ2n) is 14.7. The summed E-state index contributed by atoms with van der Waals surface area (Å²) in [6.45, 7) is 16.7. The fraction of sp³-hybridized carbons (Fsp3) is 0.500. The molecule has 2 saturated heterocycles. The van der Waals surface area contributed by atoms with Crippen LogP contribution in [0.25, 0.3) is 22.5 Å². The lowest BCUT2D eigenvalue weighted by Gasteiger charge is -2.33. The molecule has 0 unspecified atom stereocenters. The molecule has 2 aliphatic heterocycles. The number of rotatable bonds is 3. The number of nitrogens with zero attached hydrogens (tertiary/aromatic N) is 5. The van der Waals surface area contributed by atoms with Crippen LogP contribution in [0, 0.1) is 5.92 Å². The molecule has 2 fully saturated rings. The molecule has 4 aromatic rings. The summed E-state index contributed by atoms with van der Waals surface area (Å²) in [6.07, 6.45) is 7.40. The summed E-state index contributed by atoms with van der Waals surface area (Å²) >= 11 is 0. The van der Waals surface area contributed by atoms with E-state index >= 15 is 0 Å². The Morgan fingerprint density at radius 2 is 1.18 bits per heavy atom. The Hall–Kier alpha value is -4.60. The monoisotopic (exact) mass is 686 g/mol. The molecule has 1 N–H and O–H groups in total. The topological polar surface area (TPSA) is 106 Å². The van der Waals surface area contributed by atoms with Gasteiger partial charge in [-0.15, -0.1) is 0 Å². The SMILES string of the molecule is C.CC(C)(C)OC(=O)N1CCC(n2ccc(-c3ccccc3)n2)CC1.CC1CCN(C(=O)OC(C)(C)C)CC1.c1ccc(-c2ccn[nH]2)cc1. The number of nitrogens with one attached hydrogen (secondary N) is 1. The summed E-state index contributed by atoms with van der Waals surface area (Å²) in [7, 11) is 0. The first kappa shape index (κ1) is 39.8. The van der Waals surface area contributed by atoms with E-state index in [1.165, 1.54) is 5.56 Å². The van der Waals surface area contributed by atoms with Crippen LogP contribution in [-0.2, 0) is 9.47 Å². The molecule has 10 heteroatoms. The van der Waals surface area contributed by atoms with Gasteiger partial charge >= 0.3 is 12.2 Å². The standard InChI is InChI=1S/C19H25N3O2.C11H21NO2.C9H8N2.CH4/c1-19(2,3)24-18(23)21-12-9-16(10-13-21)22-14-11-17(20-22)15-7-5-4-6-8-15;1-9-5-7-12(8-6-9)10(13)14-11(2,3)4;1-2-4-8(5-3-1)9-6-7-10-11-9;/h4-8,11,14,16H,9-10,12-13H2,1-3H3;9H,5-8H2,1-4H3;1-7H,(H,10,11);1H4.